The fourth-order valence-corrected chi connectivity index (χ4v) is 0. The van der Waals surface area contributed by atoms with Gasteiger partial charge < -0.3 is 9.41 Å². The van der Waals surface area contributed by atoms with Crippen molar-refractivity contribution in [2.75, 3.05) is 0 Å². The van der Waals surface area contributed by atoms with Crippen molar-refractivity contribution in [2.24, 2.45) is 0 Å². The molecule has 0 radical (unpaired) electrons. The van der Waals surface area contributed by atoms with Crippen molar-refractivity contribution in [3.8, 4) is 0 Å². The van der Waals surface area contributed by atoms with Gasteiger partial charge in [0.2, 0.25) is 0 Å². The Kier molecular flexibility index (Phi) is 242. The number of halogens is 2. The molecule has 0 aromatic rings. The van der Waals surface area contributed by atoms with Crippen LogP contribution in [0.4, 0.5) is 0 Å². The summed E-state index contributed by atoms with van der Waals surface area (Å²) in [6.45, 7) is 0. The Morgan fingerprint density at radius 3 is 0.500 bits per heavy atom. The molecule has 0 heterocycles. The molecule has 4 heavy (non-hydrogen) atoms. The van der Waals surface area contributed by atoms with Crippen molar-refractivity contribution in [2.45, 2.75) is 0 Å². The van der Waals surface area contributed by atoms with Crippen LogP contribution in [0, 0.1) is 0 Å². The molecule has 20 valence electrons. The quantitative estimate of drug-likeness (QED) is 0.325. The Labute approximate surface area is 63.4 Å². The predicted molar refractivity (Wildman–Crippen MR) is 11.5 cm³/mol. The van der Waals surface area contributed by atoms with Gasteiger partial charge in [0.25, 0.3) is 0 Å². The summed E-state index contributed by atoms with van der Waals surface area (Å²) < 4.78 is 0. The smallest absolute Gasteiger partial charge is 1.00 e. The molecule has 0 saturated heterocycles. The average Bonchev–Trinajstić information content (AvgIpc) is 0. The SMILES string of the molecule is [F-].[F-].[Tl+].[Tl+]. The summed E-state index contributed by atoms with van der Waals surface area (Å²) in [5.41, 5.74) is 0. The Hall–Kier alpha value is 1.70. The average molecular weight is 447 g/mol. The maximum atomic E-state index is 0. The number of hydrogen-bond acceptors (Lipinski definition) is 0. The minimum atomic E-state index is 0. The molecule has 0 nitrogen and oxygen atoms in total. The first-order valence-electron chi connectivity index (χ1n) is 0. The van der Waals surface area contributed by atoms with Gasteiger partial charge in [0.1, 0.15) is 0 Å². The second-order valence-corrected chi connectivity index (χ2v) is 0. The molecule has 0 aliphatic rings. The number of hydrogen-bond donors (Lipinski definition) is 0. The molecule has 0 saturated carbocycles. The Balaban J connectivity index is 0. The van der Waals surface area contributed by atoms with E-state index in [9.17, 15) is 0 Å². The van der Waals surface area contributed by atoms with Crippen LogP contribution in [-0.2, 0) is 0 Å². The van der Waals surface area contributed by atoms with Crippen LogP contribution in [0.15, 0.2) is 0 Å². The second-order valence-electron chi connectivity index (χ2n) is 0. The Bertz CT molecular complexity index is 4.00. The zero-order valence-electron chi connectivity index (χ0n) is 1.91. The van der Waals surface area contributed by atoms with Crippen LogP contribution < -0.4 is 9.41 Å². The van der Waals surface area contributed by atoms with E-state index < -0.39 is 0 Å². The first-order valence-corrected chi connectivity index (χ1v) is 0. The summed E-state index contributed by atoms with van der Waals surface area (Å²) in [7, 11) is 0. The first-order chi connectivity index (χ1) is 0. The summed E-state index contributed by atoms with van der Waals surface area (Å²) in [6, 6.07) is 0. The van der Waals surface area contributed by atoms with Gasteiger partial charge in [-0.2, -0.15) is 0 Å². The molecule has 0 aliphatic heterocycles. The minimum Gasteiger partial charge on any atom is -1.00 e. The zero-order valence-corrected chi connectivity index (χ0v) is 10.9. The van der Waals surface area contributed by atoms with Crippen LogP contribution in [0.3, 0.4) is 0 Å². The van der Waals surface area contributed by atoms with E-state index in [0.717, 1.165) is 0 Å². The van der Waals surface area contributed by atoms with E-state index in [1.54, 1.807) is 0 Å². The molecule has 0 aromatic carbocycles. The third kappa shape index (κ3) is 9.33. The second kappa shape index (κ2) is 22.2. The Morgan fingerprint density at radius 2 is 0.500 bits per heavy atom. The molecule has 0 unspecified atom stereocenters. The van der Waals surface area contributed by atoms with Crippen LogP contribution in [0.5, 0.6) is 0 Å². The van der Waals surface area contributed by atoms with E-state index in [0.29, 0.717) is 0 Å². The molecule has 0 bridgehead atoms. The van der Waals surface area contributed by atoms with Crippen molar-refractivity contribution in [3.63, 3.8) is 0 Å². The van der Waals surface area contributed by atoms with Crippen molar-refractivity contribution < 1.29 is 9.41 Å². The fourth-order valence-electron chi connectivity index (χ4n) is 0. The van der Waals surface area contributed by atoms with E-state index in [4.69, 9.17) is 0 Å². The molecule has 0 fully saturated rings. The van der Waals surface area contributed by atoms with E-state index >= 15 is 0 Å². The van der Waals surface area contributed by atoms with Gasteiger partial charge in [-0.1, -0.05) is 0 Å². The van der Waals surface area contributed by atoms with Gasteiger partial charge in [0, 0.05) is 0 Å². The van der Waals surface area contributed by atoms with E-state index in [1.165, 1.54) is 0 Å². The standard InChI is InChI=1S/2FH.2Tl/h2*1H;;/q;;2*+1/p-2. The van der Waals surface area contributed by atoms with Gasteiger partial charge in [-0.25, -0.2) is 0 Å². The topological polar surface area (TPSA) is 0 Å². The van der Waals surface area contributed by atoms with E-state index in [2.05, 4.69) is 0 Å². The van der Waals surface area contributed by atoms with E-state index in [1.807, 2.05) is 0 Å². The third-order valence-corrected chi connectivity index (χ3v) is 0. The summed E-state index contributed by atoms with van der Waals surface area (Å²) >= 11 is 0. The number of rotatable bonds is 0. The fraction of sp³-hybridized carbons (Fsp3) is 0. The van der Waals surface area contributed by atoms with Crippen LogP contribution >= 0.6 is 0 Å². The summed E-state index contributed by atoms with van der Waals surface area (Å²) in [5, 5.41) is 0. The summed E-state index contributed by atoms with van der Waals surface area (Å²) in [5.74, 6) is 0. The maximum absolute atomic E-state index is 0. The molecular formula is F2Tl2. The molecule has 0 aromatic heterocycles. The van der Waals surface area contributed by atoms with Gasteiger partial charge >= 0.3 is 54.6 Å². The molecule has 4 heteroatoms. The maximum Gasteiger partial charge on any atom is 1.00 e. The monoisotopic (exact) mass is 448 g/mol. The molecule has 0 spiro atoms. The minimum absolute atomic E-state index is 0. The normalized spacial score (nSPS) is 0. The van der Waals surface area contributed by atoms with Crippen LogP contribution in [-0.4, -0.2) is 54.6 Å². The first kappa shape index (κ1) is 43.5. The summed E-state index contributed by atoms with van der Waals surface area (Å²) in [4.78, 5) is 0. The molecule has 0 atom stereocenters. The molecule has 0 N–H and O–H groups in total. The van der Waals surface area contributed by atoms with Gasteiger partial charge in [-0.3, -0.25) is 0 Å². The largest absolute Gasteiger partial charge is 1.00 e. The predicted octanol–water partition coefficient (Wildman–Crippen LogP) is -6.75. The van der Waals surface area contributed by atoms with Crippen LogP contribution in [0.25, 0.3) is 0 Å². The van der Waals surface area contributed by atoms with Gasteiger partial charge in [-0.15, -0.1) is 0 Å². The van der Waals surface area contributed by atoms with Crippen molar-refractivity contribution in [3.05, 3.63) is 0 Å². The van der Waals surface area contributed by atoms with Crippen molar-refractivity contribution >= 4 is 54.6 Å². The molecule has 0 rings (SSSR count). The molecular weight excluding hydrogens is 447 g/mol. The third-order valence-electron chi connectivity index (χ3n) is 0. The van der Waals surface area contributed by atoms with Crippen LogP contribution in [0.1, 0.15) is 0 Å². The van der Waals surface area contributed by atoms with Gasteiger partial charge in [0.15, 0.2) is 0 Å². The zero-order chi connectivity index (χ0) is 0. The van der Waals surface area contributed by atoms with E-state index in [-0.39, 0.29) is 64.0 Å². The van der Waals surface area contributed by atoms with Crippen molar-refractivity contribution in [1.82, 2.24) is 0 Å². The van der Waals surface area contributed by atoms with Gasteiger partial charge in [0.05, 0.1) is 0 Å². The molecule has 0 amide bonds. The molecule has 0 aliphatic carbocycles. The summed E-state index contributed by atoms with van der Waals surface area (Å²) in [6.07, 6.45) is 0. The van der Waals surface area contributed by atoms with Gasteiger partial charge in [-0.05, 0) is 0 Å². The Morgan fingerprint density at radius 1 is 0.500 bits per heavy atom. The van der Waals surface area contributed by atoms with Crippen LogP contribution in [0.2, 0.25) is 0 Å². The van der Waals surface area contributed by atoms with Crippen molar-refractivity contribution in [1.29, 1.82) is 0 Å².